The van der Waals surface area contributed by atoms with E-state index in [4.69, 9.17) is 0 Å². The van der Waals surface area contributed by atoms with E-state index in [0.29, 0.717) is 5.69 Å². The number of amides is 2. The van der Waals surface area contributed by atoms with Crippen LogP contribution in [0.2, 0.25) is 0 Å². The number of carbonyl (C=O) groups excluding carboxylic acids is 2. The van der Waals surface area contributed by atoms with Crippen molar-refractivity contribution in [3.8, 4) is 0 Å². The lowest BCUT2D eigenvalue weighted by Crippen LogP contribution is -2.52. The molecule has 0 unspecified atom stereocenters. The van der Waals surface area contributed by atoms with Gasteiger partial charge in [0.1, 0.15) is 12.6 Å². The maximum atomic E-state index is 13.9. The molecule has 0 saturated carbocycles. The highest BCUT2D eigenvalue weighted by Gasteiger charge is 2.32. The molecule has 39 heavy (non-hydrogen) atoms. The van der Waals surface area contributed by atoms with Gasteiger partial charge in [0.05, 0.1) is 10.6 Å². The van der Waals surface area contributed by atoms with Crippen LogP contribution >= 0.6 is 15.9 Å². The third-order valence-corrected chi connectivity index (χ3v) is 8.99. The van der Waals surface area contributed by atoms with E-state index in [-0.39, 0.29) is 23.4 Å². The van der Waals surface area contributed by atoms with Gasteiger partial charge in [0.25, 0.3) is 10.0 Å². The zero-order valence-electron chi connectivity index (χ0n) is 22.8. The van der Waals surface area contributed by atoms with Crippen molar-refractivity contribution in [3.63, 3.8) is 0 Å². The maximum absolute atomic E-state index is 13.9. The smallest absolute Gasteiger partial charge is 0.264 e. The Morgan fingerprint density at radius 1 is 0.872 bits per heavy atom. The fourth-order valence-corrected chi connectivity index (χ4v) is 5.68. The molecule has 0 heterocycles. The number of nitrogens with one attached hydrogen (secondary N) is 1. The molecule has 3 aromatic carbocycles. The number of benzene rings is 3. The summed E-state index contributed by atoms with van der Waals surface area (Å²) >= 11 is 3.42. The number of nitrogens with zero attached hydrogens (tertiary/aromatic N) is 2. The van der Waals surface area contributed by atoms with Crippen molar-refractivity contribution in [1.29, 1.82) is 0 Å². The minimum absolute atomic E-state index is 0.0587. The highest BCUT2D eigenvalue weighted by Crippen LogP contribution is 2.25. The van der Waals surface area contributed by atoms with Crippen LogP contribution in [-0.2, 0) is 32.6 Å². The Bertz CT molecular complexity index is 1350. The van der Waals surface area contributed by atoms with Gasteiger partial charge in [-0.25, -0.2) is 8.42 Å². The Balaban J connectivity index is 2.01. The van der Waals surface area contributed by atoms with Crippen molar-refractivity contribution in [2.75, 3.05) is 10.8 Å². The van der Waals surface area contributed by atoms with E-state index in [1.54, 1.807) is 37.3 Å². The topological polar surface area (TPSA) is 86.8 Å². The molecule has 3 rings (SSSR count). The molecule has 1 N–H and O–H groups in total. The summed E-state index contributed by atoms with van der Waals surface area (Å²) in [5.74, 6) is -0.775. The van der Waals surface area contributed by atoms with E-state index >= 15 is 0 Å². The maximum Gasteiger partial charge on any atom is 0.264 e. The summed E-state index contributed by atoms with van der Waals surface area (Å²) in [6.45, 7) is 7.24. The molecule has 0 fully saturated rings. The number of aryl methyl sites for hydroxylation is 1. The zero-order valence-corrected chi connectivity index (χ0v) is 25.2. The average Bonchev–Trinajstić information content (AvgIpc) is 2.95. The number of carbonyl (C=O) groups is 2. The third kappa shape index (κ3) is 7.92. The van der Waals surface area contributed by atoms with E-state index in [9.17, 15) is 18.0 Å². The standard InChI is InChI=1S/C30H36BrN3O4S/c1-5-22(3)32-30(36)23(4)33(20-25-12-16-26(31)17-13-25)29(35)21-34(27-18-14-24(6-2)15-19-27)39(37,38)28-10-8-7-9-11-28/h7-19,22-23H,5-6,20-21H2,1-4H3,(H,32,36)/t22-,23-/m0/s1. The first-order valence-corrected chi connectivity index (χ1v) is 15.3. The van der Waals surface area contributed by atoms with Crippen LogP contribution < -0.4 is 9.62 Å². The first kappa shape index (κ1) is 30.4. The number of sulfonamides is 1. The number of anilines is 1. The van der Waals surface area contributed by atoms with E-state index in [0.717, 1.165) is 32.7 Å². The number of rotatable bonds is 12. The first-order valence-electron chi connectivity index (χ1n) is 13.1. The average molecular weight is 615 g/mol. The van der Waals surface area contributed by atoms with Gasteiger partial charge in [0.15, 0.2) is 0 Å². The third-order valence-electron chi connectivity index (χ3n) is 6.68. The molecule has 0 spiro atoms. The molecule has 3 aromatic rings. The molecule has 9 heteroatoms. The SMILES string of the molecule is CCc1ccc(N(CC(=O)N(Cc2ccc(Br)cc2)[C@@H](C)C(=O)N[C@@H](C)CC)S(=O)(=O)c2ccccc2)cc1. The van der Waals surface area contributed by atoms with Crippen LogP contribution in [0.5, 0.6) is 0 Å². The van der Waals surface area contributed by atoms with E-state index in [2.05, 4.69) is 21.2 Å². The van der Waals surface area contributed by atoms with Crippen LogP contribution in [0.3, 0.4) is 0 Å². The zero-order chi connectivity index (χ0) is 28.6. The van der Waals surface area contributed by atoms with Crippen LogP contribution in [0.15, 0.2) is 88.2 Å². The summed E-state index contributed by atoms with van der Waals surface area (Å²) in [5.41, 5.74) is 2.25. The predicted octanol–water partition coefficient (Wildman–Crippen LogP) is 5.54. The molecule has 0 aliphatic carbocycles. The summed E-state index contributed by atoms with van der Waals surface area (Å²) in [4.78, 5) is 28.6. The molecule has 2 atom stereocenters. The van der Waals surface area contributed by atoms with Gasteiger partial charge >= 0.3 is 0 Å². The van der Waals surface area contributed by atoms with Crippen molar-refractivity contribution < 1.29 is 18.0 Å². The van der Waals surface area contributed by atoms with Crippen molar-refractivity contribution >= 4 is 43.5 Å². The predicted molar refractivity (Wildman–Crippen MR) is 159 cm³/mol. The van der Waals surface area contributed by atoms with Gasteiger partial charge in [-0.2, -0.15) is 0 Å². The molecule has 0 bridgehead atoms. The Labute approximate surface area is 240 Å². The van der Waals surface area contributed by atoms with Crippen molar-refractivity contribution in [1.82, 2.24) is 10.2 Å². The Hall–Kier alpha value is -3.17. The van der Waals surface area contributed by atoms with Crippen molar-refractivity contribution in [2.45, 2.75) is 64.1 Å². The lowest BCUT2D eigenvalue weighted by molar-refractivity contribution is -0.139. The lowest BCUT2D eigenvalue weighted by Gasteiger charge is -2.32. The Kier molecular flexibility index (Phi) is 10.7. The van der Waals surface area contributed by atoms with E-state index in [1.165, 1.54) is 17.0 Å². The molecule has 0 aromatic heterocycles. The second kappa shape index (κ2) is 13.8. The van der Waals surface area contributed by atoms with Gasteiger partial charge in [-0.15, -0.1) is 0 Å². The van der Waals surface area contributed by atoms with Gasteiger partial charge in [0.2, 0.25) is 11.8 Å². The molecule has 0 radical (unpaired) electrons. The largest absolute Gasteiger partial charge is 0.352 e. The minimum Gasteiger partial charge on any atom is -0.352 e. The highest BCUT2D eigenvalue weighted by atomic mass is 79.9. The first-order chi connectivity index (χ1) is 18.6. The van der Waals surface area contributed by atoms with Crippen molar-refractivity contribution in [3.05, 3.63) is 94.5 Å². The highest BCUT2D eigenvalue weighted by molar-refractivity contribution is 9.10. The fraction of sp³-hybridized carbons (Fsp3) is 0.333. The van der Waals surface area contributed by atoms with Gasteiger partial charge in [0, 0.05) is 17.1 Å². The molecular formula is C30H36BrN3O4S. The van der Waals surface area contributed by atoms with Crippen molar-refractivity contribution in [2.24, 2.45) is 0 Å². The van der Waals surface area contributed by atoms with Crippen LogP contribution in [0.4, 0.5) is 5.69 Å². The molecule has 0 saturated heterocycles. The minimum atomic E-state index is -4.07. The summed E-state index contributed by atoms with van der Waals surface area (Å²) in [6, 6.07) is 21.8. The monoisotopic (exact) mass is 613 g/mol. The fourth-order valence-electron chi connectivity index (χ4n) is 3.98. The number of hydrogen-bond acceptors (Lipinski definition) is 4. The molecular weight excluding hydrogens is 578 g/mol. The van der Waals surface area contributed by atoms with Crippen LogP contribution in [0.25, 0.3) is 0 Å². The molecule has 7 nitrogen and oxygen atoms in total. The summed E-state index contributed by atoms with van der Waals surface area (Å²) in [7, 11) is -4.07. The molecule has 0 aliphatic rings. The van der Waals surface area contributed by atoms with Crippen LogP contribution in [0, 0.1) is 0 Å². The van der Waals surface area contributed by atoms with Gasteiger partial charge in [-0.1, -0.05) is 72.2 Å². The second-order valence-electron chi connectivity index (χ2n) is 9.49. The second-order valence-corrected chi connectivity index (χ2v) is 12.3. The van der Waals surface area contributed by atoms with Gasteiger partial charge in [-0.05, 0) is 74.2 Å². The van der Waals surface area contributed by atoms with E-state index < -0.39 is 28.5 Å². The lowest BCUT2D eigenvalue weighted by atomic mass is 10.1. The molecule has 2 amide bonds. The summed E-state index contributed by atoms with van der Waals surface area (Å²) in [5, 5.41) is 2.94. The quantitative estimate of drug-likeness (QED) is 0.291. The van der Waals surface area contributed by atoms with Crippen LogP contribution in [-0.4, -0.2) is 43.8 Å². The summed E-state index contributed by atoms with van der Waals surface area (Å²) in [6.07, 6.45) is 1.55. The Morgan fingerprint density at radius 2 is 1.46 bits per heavy atom. The van der Waals surface area contributed by atoms with Crippen LogP contribution in [0.1, 0.15) is 45.2 Å². The molecule has 208 valence electrons. The van der Waals surface area contributed by atoms with E-state index in [1.807, 2.05) is 57.2 Å². The normalized spacial score (nSPS) is 12.8. The summed E-state index contributed by atoms with van der Waals surface area (Å²) < 4.78 is 29.6. The number of hydrogen-bond donors (Lipinski definition) is 1. The van der Waals surface area contributed by atoms with Gasteiger partial charge < -0.3 is 10.2 Å². The number of halogens is 1. The van der Waals surface area contributed by atoms with Gasteiger partial charge in [-0.3, -0.25) is 13.9 Å². The Morgan fingerprint density at radius 3 is 2.03 bits per heavy atom. The molecule has 0 aliphatic heterocycles.